The number of carbonyl (C=O) groups excluding carboxylic acids is 2. The van der Waals surface area contributed by atoms with Gasteiger partial charge in [-0.15, -0.1) is 0 Å². The Balaban J connectivity index is 1.73. The molecule has 7 unspecified atom stereocenters. The third-order valence-electron chi connectivity index (χ3n) is 11.4. The highest BCUT2D eigenvalue weighted by atomic mass is 16.3. The van der Waals surface area contributed by atoms with Crippen LogP contribution in [0.5, 0.6) is 0 Å². The van der Waals surface area contributed by atoms with Gasteiger partial charge in [0.05, 0.1) is 12.7 Å². The fraction of sp³-hybridized carbons (Fsp3) is 0.800. The number of hydrogen-bond donors (Lipinski definition) is 2. The maximum Gasteiger partial charge on any atom is 0.160 e. The third kappa shape index (κ3) is 3.45. The molecule has 4 nitrogen and oxygen atoms in total. The number of hydrogen-bond acceptors (Lipinski definition) is 4. The second-order valence-corrected chi connectivity index (χ2v) is 13.5. The summed E-state index contributed by atoms with van der Waals surface area (Å²) in [4.78, 5) is 27.9. The molecule has 34 heavy (non-hydrogen) atoms. The van der Waals surface area contributed by atoms with Crippen LogP contribution >= 0.6 is 0 Å². The number of fused-ring (bicyclic) bond motifs is 4. The molecule has 0 aromatic heterocycles. The van der Waals surface area contributed by atoms with Crippen molar-refractivity contribution in [2.75, 3.05) is 6.61 Å². The predicted molar refractivity (Wildman–Crippen MR) is 135 cm³/mol. The van der Waals surface area contributed by atoms with Gasteiger partial charge in [-0.2, -0.15) is 0 Å². The highest BCUT2D eigenvalue weighted by Crippen LogP contribution is 2.71. The van der Waals surface area contributed by atoms with Crippen LogP contribution in [-0.2, 0) is 9.59 Å². The van der Waals surface area contributed by atoms with Crippen LogP contribution in [0.3, 0.4) is 0 Å². The lowest BCUT2D eigenvalue weighted by molar-refractivity contribution is -0.141. The Morgan fingerprint density at radius 3 is 2.38 bits per heavy atom. The zero-order chi connectivity index (χ0) is 25.3. The van der Waals surface area contributed by atoms with Gasteiger partial charge in [-0.3, -0.25) is 9.59 Å². The van der Waals surface area contributed by atoms with Crippen LogP contribution in [0, 0.1) is 39.4 Å². The lowest BCUT2D eigenvalue weighted by atomic mass is 9.43. The van der Waals surface area contributed by atoms with Gasteiger partial charge in [0.1, 0.15) is 0 Å². The van der Waals surface area contributed by atoms with E-state index in [4.69, 9.17) is 0 Å². The molecule has 4 rings (SSSR count). The Hall–Kier alpha value is -1.26. The SMILES string of the molecule is CC(=CCCC(C)C1CCC2(C)C3=C(C(=O)CC12C)C1(C)CCC(O)C(C)(C)C1CC3=O)CO. The van der Waals surface area contributed by atoms with Crippen LogP contribution in [0.4, 0.5) is 0 Å². The predicted octanol–water partition coefficient (Wildman–Crippen LogP) is 5.81. The molecule has 4 aliphatic carbocycles. The van der Waals surface area contributed by atoms with Crippen molar-refractivity contribution in [3.63, 3.8) is 0 Å². The van der Waals surface area contributed by atoms with Crippen LogP contribution in [0.2, 0.25) is 0 Å². The number of aliphatic hydroxyl groups is 2. The van der Waals surface area contributed by atoms with Crippen molar-refractivity contribution >= 4 is 11.6 Å². The van der Waals surface area contributed by atoms with E-state index in [1.807, 2.05) is 6.92 Å². The molecule has 0 spiro atoms. The second kappa shape index (κ2) is 8.40. The molecule has 0 amide bonds. The highest BCUT2D eigenvalue weighted by molar-refractivity contribution is 6.11. The molecule has 0 aromatic carbocycles. The van der Waals surface area contributed by atoms with Gasteiger partial charge in [0.25, 0.3) is 0 Å². The molecular formula is C30H46O4. The van der Waals surface area contributed by atoms with Crippen LogP contribution in [0.25, 0.3) is 0 Å². The van der Waals surface area contributed by atoms with E-state index < -0.39 is 6.10 Å². The first-order valence-corrected chi connectivity index (χ1v) is 13.5. The monoisotopic (exact) mass is 470 g/mol. The molecule has 2 saturated carbocycles. The van der Waals surface area contributed by atoms with E-state index in [0.29, 0.717) is 31.1 Å². The average Bonchev–Trinajstić information content (AvgIpc) is 3.03. The smallest absolute Gasteiger partial charge is 0.160 e. The number of carbonyl (C=O) groups is 2. The number of rotatable bonds is 5. The maximum absolute atomic E-state index is 14.0. The van der Waals surface area contributed by atoms with Crippen LogP contribution in [0.15, 0.2) is 22.8 Å². The average molecular weight is 471 g/mol. The van der Waals surface area contributed by atoms with E-state index in [9.17, 15) is 19.8 Å². The lowest BCUT2D eigenvalue weighted by Crippen LogP contribution is -2.59. The van der Waals surface area contributed by atoms with Crippen molar-refractivity contribution in [3.05, 3.63) is 22.8 Å². The normalized spacial score (nSPS) is 42.9. The molecule has 190 valence electrons. The van der Waals surface area contributed by atoms with Crippen molar-refractivity contribution in [1.82, 2.24) is 0 Å². The van der Waals surface area contributed by atoms with Crippen molar-refractivity contribution in [3.8, 4) is 0 Å². The largest absolute Gasteiger partial charge is 0.393 e. The Bertz CT molecular complexity index is 941. The minimum Gasteiger partial charge on any atom is -0.393 e. The van der Waals surface area contributed by atoms with Gasteiger partial charge >= 0.3 is 0 Å². The number of Topliss-reactive ketones (excluding diaryl/α,β-unsaturated/α-hetero) is 2. The summed E-state index contributed by atoms with van der Waals surface area (Å²) in [5, 5.41) is 20.1. The summed E-state index contributed by atoms with van der Waals surface area (Å²) in [5.41, 5.74) is 1.53. The Morgan fingerprint density at radius 2 is 1.74 bits per heavy atom. The van der Waals surface area contributed by atoms with Gasteiger partial charge < -0.3 is 10.2 Å². The van der Waals surface area contributed by atoms with E-state index in [2.05, 4.69) is 47.6 Å². The standard InChI is InChI=1S/C30H46O4/c1-18(17-31)9-8-10-19(2)20-11-14-29(6)26-21(32)15-23-27(3,4)24(34)12-13-28(23,5)25(26)22(33)16-30(20,29)7/h9,19-20,23-24,31,34H,8,10-17H2,1-7H3. The zero-order valence-corrected chi connectivity index (χ0v) is 22.5. The number of ketones is 2. The van der Waals surface area contributed by atoms with Gasteiger partial charge in [-0.05, 0) is 74.0 Å². The first-order chi connectivity index (χ1) is 15.7. The molecule has 7 atom stereocenters. The Labute approximate surface area is 206 Å². The summed E-state index contributed by atoms with van der Waals surface area (Å²) < 4.78 is 0. The first kappa shape index (κ1) is 25.8. The van der Waals surface area contributed by atoms with Gasteiger partial charge in [-0.1, -0.05) is 53.2 Å². The second-order valence-electron chi connectivity index (χ2n) is 13.5. The third-order valence-corrected chi connectivity index (χ3v) is 11.4. The van der Waals surface area contributed by atoms with Gasteiger partial charge in [0, 0.05) is 34.8 Å². The molecule has 0 aromatic rings. The lowest BCUT2D eigenvalue weighted by Gasteiger charge is -2.60. The van der Waals surface area contributed by atoms with E-state index in [-0.39, 0.29) is 45.8 Å². The number of allylic oxidation sites excluding steroid dienone is 3. The molecule has 0 bridgehead atoms. The highest BCUT2D eigenvalue weighted by Gasteiger charge is 2.67. The topological polar surface area (TPSA) is 74.6 Å². The van der Waals surface area contributed by atoms with Crippen molar-refractivity contribution in [1.29, 1.82) is 0 Å². The fourth-order valence-corrected chi connectivity index (χ4v) is 8.96. The minimum absolute atomic E-state index is 0.00424. The summed E-state index contributed by atoms with van der Waals surface area (Å²) in [6, 6.07) is 0. The van der Waals surface area contributed by atoms with Crippen LogP contribution in [0.1, 0.15) is 99.8 Å². The van der Waals surface area contributed by atoms with Crippen LogP contribution in [-0.4, -0.2) is 34.5 Å². The van der Waals surface area contributed by atoms with Gasteiger partial charge in [0.2, 0.25) is 0 Å². The molecule has 0 saturated heterocycles. The molecule has 2 N–H and O–H groups in total. The molecule has 0 heterocycles. The first-order valence-electron chi connectivity index (χ1n) is 13.5. The van der Waals surface area contributed by atoms with E-state index in [0.717, 1.165) is 48.8 Å². The van der Waals surface area contributed by atoms with E-state index >= 15 is 0 Å². The molecule has 2 fully saturated rings. The molecule has 0 radical (unpaired) electrons. The summed E-state index contributed by atoms with van der Waals surface area (Å²) in [7, 11) is 0. The maximum atomic E-state index is 14.0. The summed E-state index contributed by atoms with van der Waals surface area (Å²) in [5.74, 6) is 1.22. The zero-order valence-electron chi connectivity index (χ0n) is 22.5. The van der Waals surface area contributed by atoms with Crippen molar-refractivity contribution < 1.29 is 19.8 Å². The van der Waals surface area contributed by atoms with E-state index in [1.54, 1.807) is 0 Å². The summed E-state index contributed by atoms with van der Waals surface area (Å²) in [6.07, 6.45) is 8.14. The van der Waals surface area contributed by atoms with Crippen molar-refractivity contribution in [2.45, 2.75) is 106 Å². The van der Waals surface area contributed by atoms with E-state index in [1.165, 1.54) is 0 Å². The minimum atomic E-state index is -0.430. The van der Waals surface area contributed by atoms with Crippen molar-refractivity contribution in [2.24, 2.45) is 39.4 Å². The number of aliphatic hydroxyl groups excluding tert-OH is 2. The molecular weight excluding hydrogens is 424 g/mol. The quantitative estimate of drug-likeness (QED) is 0.497. The van der Waals surface area contributed by atoms with Gasteiger partial charge in [-0.25, -0.2) is 0 Å². The fourth-order valence-electron chi connectivity index (χ4n) is 8.96. The molecule has 0 aliphatic heterocycles. The van der Waals surface area contributed by atoms with Gasteiger partial charge in [0.15, 0.2) is 11.6 Å². The van der Waals surface area contributed by atoms with Crippen LogP contribution < -0.4 is 0 Å². The Kier molecular flexibility index (Phi) is 6.38. The summed E-state index contributed by atoms with van der Waals surface area (Å²) >= 11 is 0. The molecule has 4 heteroatoms. The molecule has 4 aliphatic rings. The summed E-state index contributed by atoms with van der Waals surface area (Å²) in [6.45, 7) is 15.3. The Morgan fingerprint density at radius 1 is 1.06 bits per heavy atom.